The van der Waals surface area contributed by atoms with Crippen molar-refractivity contribution in [3.8, 4) is 0 Å². The highest BCUT2D eigenvalue weighted by atomic mass is 32.2. The molecule has 6 heteroatoms. The van der Waals surface area contributed by atoms with Gasteiger partial charge in [0.1, 0.15) is 5.82 Å². The van der Waals surface area contributed by atoms with Gasteiger partial charge in [-0.25, -0.2) is 4.98 Å². The van der Waals surface area contributed by atoms with Crippen LogP contribution >= 0.6 is 0 Å². The Balaban J connectivity index is 2.39. The largest absolute Gasteiger partial charge is 0.370 e. The molecule has 1 unspecified atom stereocenters. The predicted molar refractivity (Wildman–Crippen MR) is 74.3 cm³/mol. The molecule has 1 heterocycles. The number of anilines is 1. The van der Waals surface area contributed by atoms with Crippen LogP contribution in [0, 0.1) is 0 Å². The van der Waals surface area contributed by atoms with E-state index in [9.17, 15) is 9.00 Å². The Morgan fingerprint density at radius 3 is 2.78 bits per heavy atom. The van der Waals surface area contributed by atoms with E-state index in [-0.39, 0.29) is 5.91 Å². The van der Waals surface area contributed by atoms with E-state index in [0.717, 1.165) is 18.8 Å². The molecule has 0 aromatic carbocycles. The maximum absolute atomic E-state index is 11.7. The lowest BCUT2D eigenvalue weighted by atomic mass is 10.2. The van der Waals surface area contributed by atoms with Crippen molar-refractivity contribution in [1.82, 2.24) is 10.3 Å². The molecule has 1 aromatic heterocycles. The minimum absolute atomic E-state index is 0.146. The molecule has 100 valence electrons. The minimum Gasteiger partial charge on any atom is -0.370 e. The highest BCUT2D eigenvalue weighted by Gasteiger charge is 2.05. The van der Waals surface area contributed by atoms with Crippen molar-refractivity contribution >= 4 is 22.5 Å². The average molecular weight is 269 g/mol. The highest BCUT2D eigenvalue weighted by Crippen LogP contribution is 2.04. The summed E-state index contributed by atoms with van der Waals surface area (Å²) in [4.78, 5) is 15.8. The second-order valence-corrected chi connectivity index (χ2v) is 5.40. The molecular weight excluding hydrogens is 250 g/mol. The smallest absolute Gasteiger partial charge is 0.252 e. The SMILES string of the molecule is CCNc1ccc(C(=O)NCCCS(C)=O)cn1. The van der Waals surface area contributed by atoms with Crippen molar-refractivity contribution in [3.05, 3.63) is 23.9 Å². The number of amides is 1. The molecule has 1 aromatic rings. The van der Waals surface area contributed by atoms with Crippen LogP contribution in [0.5, 0.6) is 0 Å². The number of rotatable bonds is 7. The number of carbonyl (C=O) groups is 1. The fourth-order valence-corrected chi connectivity index (χ4v) is 1.94. The van der Waals surface area contributed by atoms with Crippen LogP contribution in [0.15, 0.2) is 18.3 Å². The lowest BCUT2D eigenvalue weighted by molar-refractivity contribution is 0.0953. The van der Waals surface area contributed by atoms with Crippen LogP contribution in [0.1, 0.15) is 23.7 Å². The van der Waals surface area contributed by atoms with Crippen molar-refractivity contribution in [2.24, 2.45) is 0 Å². The summed E-state index contributed by atoms with van der Waals surface area (Å²) < 4.78 is 10.8. The van der Waals surface area contributed by atoms with Crippen molar-refractivity contribution in [3.63, 3.8) is 0 Å². The van der Waals surface area contributed by atoms with Crippen LogP contribution in [0.2, 0.25) is 0 Å². The topological polar surface area (TPSA) is 71.1 Å². The maximum atomic E-state index is 11.7. The number of hydrogen-bond donors (Lipinski definition) is 2. The first kappa shape index (κ1) is 14.6. The number of hydrogen-bond acceptors (Lipinski definition) is 4. The molecule has 0 bridgehead atoms. The van der Waals surface area contributed by atoms with E-state index in [4.69, 9.17) is 0 Å². The monoisotopic (exact) mass is 269 g/mol. The third-order valence-corrected chi connectivity index (χ3v) is 3.14. The van der Waals surface area contributed by atoms with E-state index in [2.05, 4.69) is 15.6 Å². The van der Waals surface area contributed by atoms with E-state index < -0.39 is 10.8 Å². The predicted octanol–water partition coefficient (Wildman–Crippen LogP) is 1.01. The summed E-state index contributed by atoms with van der Waals surface area (Å²) in [7, 11) is -0.802. The van der Waals surface area contributed by atoms with Gasteiger partial charge in [0.15, 0.2) is 0 Å². The fourth-order valence-electron chi connectivity index (χ4n) is 1.39. The van der Waals surface area contributed by atoms with E-state index >= 15 is 0 Å². The second kappa shape index (κ2) is 7.81. The lowest BCUT2D eigenvalue weighted by Crippen LogP contribution is -2.25. The fraction of sp³-hybridized carbons (Fsp3) is 0.500. The van der Waals surface area contributed by atoms with Crippen molar-refractivity contribution in [2.75, 3.05) is 30.4 Å². The van der Waals surface area contributed by atoms with Crippen LogP contribution in [-0.2, 0) is 10.8 Å². The molecule has 0 spiro atoms. The molecule has 0 fully saturated rings. The third kappa shape index (κ3) is 5.27. The Morgan fingerprint density at radius 1 is 1.44 bits per heavy atom. The van der Waals surface area contributed by atoms with Crippen molar-refractivity contribution in [1.29, 1.82) is 0 Å². The quantitative estimate of drug-likeness (QED) is 0.725. The first-order valence-corrected chi connectivity index (χ1v) is 7.64. The zero-order valence-corrected chi connectivity index (χ0v) is 11.5. The van der Waals surface area contributed by atoms with Gasteiger partial charge in [0.2, 0.25) is 0 Å². The summed E-state index contributed by atoms with van der Waals surface area (Å²) in [6, 6.07) is 3.51. The molecule has 0 aliphatic carbocycles. The van der Waals surface area contributed by atoms with Gasteiger partial charge < -0.3 is 10.6 Å². The normalized spacial score (nSPS) is 11.9. The van der Waals surface area contributed by atoms with Crippen LogP contribution in [-0.4, -0.2) is 40.2 Å². The van der Waals surface area contributed by atoms with Gasteiger partial charge in [0, 0.05) is 42.1 Å². The molecule has 0 aliphatic rings. The standard InChI is InChI=1S/C12H19N3O2S/c1-3-13-11-6-5-10(9-15-11)12(16)14-7-4-8-18(2)17/h5-6,9H,3-4,7-8H2,1-2H3,(H,13,15)(H,14,16). The number of carbonyl (C=O) groups excluding carboxylic acids is 1. The van der Waals surface area contributed by atoms with Crippen LogP contribution in [0.4, 0.5) is 5.82 Å². The molecule has 5 nitrogen and oxygen atoms in total. The summed E-state index contributed by atoms with van der Waals surface area (Å²) in [5.74, 6) is 1.22. The van der Waals surface area contributed by atoms with E-state index in [1.807, 2.05) is 6.92 Å². The Hall–Kier alpha value is -1.43. The van der Waals surface area contributed by atoms with Gasteiger partial charge in [-0.15, -0.1) is 0 Å². The van der Waals surface area contributed by atoms with Crippen molar-refractivity contribution < 1.29 is 9.00 Å². The number of pyridine rings is 1. The summed E-state index contributed by atoms with van der Waals surface area (Å²) >= 11 is 0. The summed E-state index contributed by atoms with van der Waals surface area (Å²) in [6.07, 6.45) is 3.92. The van der Waals surface area contributed by atoms with Gasteiger partial charge in [-0.3, -0.25) is 9.00 Å². The van der Waals surface area contributed by atoms with Gasteiger partial charge in [-0.05, 0) is 25.5 Å². The van der Waals surface area contributed by atoms with E-state index in [1.54, 1.807) is 24.6 Å². The van der Waals surface area contributed by atoms with Gasteiger partial charge in [0.25, 0.3) is 5.91 Å². The van der Waals surface area contributed by atoms with E-state index in [0.29, 0.717) is 17.9 Å². The van der Waals surface area contributed by atoms with Gasteiger partial charge >= 0.3 is 0 Å². The Labute approximate surface area is 110 Å². The molecular formula is C12H19N3O2S. The lowest BCUT2D eigenvalue weighted by Gasteiger charge is -2.05. The minimum atomic E-state index is -0.802. The van der Waals surface area contributed by atoms with Crippen LogP contribution in [0.25, 0.3) is 0 Å². The van der Waals surface area contributed by atoms with Crippen molar-refractivity contribution in [2.45, 2.75) is 13.3 Å². The Morgan fingerprint density at radius 2 is 2.22 bits per heavy atom. The summed E-state index contributed by atoms with van der Waals surface area (Å²) in [5, 5.41) is 5.83. The number of aromatic nitrogens is 1. The molecule has 0 saturated carbocycles. The average Bonchev–Trinajstić information content (AvgIpc) is 2.35. The number of nitrogens with zero attached hydrogens (tertiary/aromatic N) is 1. The molecule has 2 N–H and O–H groups in total. The zero-order chi connectivity index (χ0) is 13.4. The van der Waals surface area contributed by atoms with Crippen LogP contribution < -0.4 is 10.6 Å². The molecule has 1 atom stereocenters. The molecule has 0 saturated heterocycles. The molecule has 0 aliphatic heterocycles. The second-order valence-electron chi connectivity index (χ2n) is 3.85. The Kier molecular flexibility index (Phi) is 6.35. The maximum Gasteiger partial charge on any atom is 0.252 e. The van der Waals surface area contributed by atoms with Gasteiger partial charge in [-0.1, -0.05) is 0 Å². The molecule has 1 rings (SSSR count). The first-order chi connectivity index (χ1) is 8.63. The zero-order valence-electron chi connectivity index (χ0n) is 10.7. The van der Waals surface area contributed by atoms with E-state index in [1.165, 1.54) is 0 Å². The number of nitrogens with one attached hydrogen (secondary N) is 2. The molecule has 0 radical (unpaired) electrons. The molecule has 1 amide bonds. The third-order valence-electron chi connectivity index (χ3n) is 2.28. The first-order valence-electron chi connectivity index (χ1n) is 5.91. The van der Waals surface area contributed by atoms with Gasteiger partial charge in [0.05, 0.1) is 5.56 Å². The Bertz CT molecular complexity index is 406. The molecule has 18 heavy (non-hydrogen) atoms. The van der Waals surface area contributed by atoms with Gasteiger partial charge in [-0.2, -0.15) is 0 Å². The summed E-state index contributed by atoms with van der Waals surface area (Å²) in [5.41, 5.74) is 0.536. The summed E-state index contributed by atoms with van der Waals surface area (Å²) in [6.45, 7) is 3.32. The van der Waals surface area contributed by atoms with Crippen LogP contribution in [0.3, 0.4) is 0 Å². The highest BCUT2D eigenvalue weighted by molar-refractivity contribution is 7.84.